The molecule has 1 aromatic heterocycles. The zero-order valence-corrected chi connectivity index (χ0v) is 12.2. The molecule has 0 radical (unpaired) electrons. The number of rotatable bonds is 7. The summed E-state index contributed by atoms with van der Waals surface area (Å²) >= 11 is 1.35. The van der Waals surface area contributed by atoms with E-state index in [4.69, 9.17) is 9.84 Å². The molecule has 1 rings (SSSR count). The molecule has 0 bridgehead atoms. The Labute approximate surface area is 116 Å². The van der Waals surface area contributed by atoms with Gasteiger partial charge in [-0.3, -0.25) is 9.59 Å². The molecule has 1 amide bonds. The maximum atomic E-state index is 12.2. The summed E-state index contributed by atoms with van der Waals surface area (Å²) in [5.41, 5.74) is 0.295. The Kier molecular flexibility index (Phi) is 5.50. The molecule has 6 heteroatoms. The minimum absolute atomic E-state index is 0.0304. The van der Waals surface area contributed by atoms with Crippen LogP contribution in [-0.4, -0.2) is 29.6 Å². The summed E-state index contributed by atoms with van der Waals surface area (Å²) in [7, 11) is 1.58. The highest BCUT2D eigenvalue weighted by Crippen LogP contribution is 2.20. The average Bonchev–Trinajstić information content (AvgIpc) is 2.75. The second-order valence-electron chi connectivity index (χ2n) is 4.94. The fourth-order valence-corrected chi connectivity index (χ4v) is 2.45. The van der Waals surface area contributed by atoms with Crippen LogP contribution in [0.15, 0.2) is 11.4 Å². The molecular formula is C13H19NO4S. The van der Waals surface area contributed by atoms with Gasteiger partial charge in [-0.25, -0.2) is 0 Å². The molecule has 0 spiro atoms. The van der Waals surface area contributed by atoms with Gasteiger partial charge in [0.05, 0.1) is 11.5 Å². The zero-order chi connectivity index (χ0) is 14.5. The molecule has 5 nitrogen and oxygen atoms in total. The molecule has 0 aliphatic heterocycles. The van der Waals surface area contributed by atoms with Crippen molar-refractivity contribution < 1.29 is 19.4 Å². The quantitative estimate of drug-likeness (QED) is 0.805. The molecule has 0 atom stereocenters. The number of carboxylic acid groups (broad SMARTS) is 1. The molecule has 0 aliphatic rings. The molecule has 1 heterocycles. The van der Waals surface area contributed by atoms with Gasteiger partial charge in [-0.15, -0.1) is 11.3 Å². The van der Waals surface area contributed by atoms with Crippen LogP contribution in [0.1, 0.15) is 41.9 Å². The van der Waals surface area contributed by atoms with Crippen molar-refractivity contribution in [3.63, 3.8) is 0 Å². The number of methoxy groups -OCH3 is 1. The van der Waals surface area contributed by atoms with Crippen molar-refractivity contribution in [3.8, 4) is 0 Å². The topological polar surface area (TPSA) is 75.6 Å². The Hall–Kier alpha value is -1.40. The number of aliphatic carboxylic acids is 1. The van der Waals surface area contributed by atoms with E-state index in [1.165, 1.54) is 11.3 Å². The number of hydrogen-bond acceptors (Lipinski definition) is 4. The highest BCUT2D eigenvalue weighted by Gasteiger charge is 2.24. The van der Waals surface area contributed by atoms with E-state index < -0.39 is 11.5 Å². The maximum Gasteiger partial charge on any atom is 0.303 e. The predicted molar refractivity (Wildman–Crippen MR) is 73.4 cm³/mol. The van der Waals surface area contributed by atoms with Crippen molar-refractivity contribution in [1.29, 1.82) is 0 Å². The van der Waals surface area contributed by atoms with Gasteiger partial charge in [0, 0.05) is 24.6 Å². The summed E-state index contributed by atoms with van der Waals surface area (Å²) in [6.07, 6.45) is 0.418. The number of carboxylic acids is 1. The van der Waals surface area contributed by atoms with Crippen LogP contribution in [0.2, 0.25) is 0 Å². The van der Waals surface area contributed by atoms with Crippen LogP contribution in [0, 0.1) is 0 Å². The van der Waals surface area contributed by atoms with Crippen molar-refractivity contribution in [1.82, 2.24) is 5.32 Å². The number of hydrogen-bond donors (Lipinski definition) is 2. The van der Waals surface area contributed by atoms with E-state index in [2.05, 4.69) is 5.32 Å². The van der Waals surface area contributed by atoms with Crippen LogP contribution >= 0.6 is 11.3 Å². The molecule has 0 saturated heterocycles. The lowest BCUT2D eigenvalue weighted by atomic mass is 9.98. The van der Waals surface area contributed by atoms with E-state index in [0.717, 1.165) is 5.56 Å². The van der Waals surface area contributed by atoms with E-state index in [0.29, 0.717) is 17.9 Å². The van der Waals surface area contributed by atoms with E-state index in [-0.39, 0.29) is 12.3 Å². The van der Waals surface area contributed by atoms with Gasteiger partial charge in [-0.2, -0.15) is 0 Å². The first-order valence-electron chi connectivity index (χ1n) is 5.95. The zero-order valence-electron chi connectivity index (χ0n) is 11.4. The van der Waals surface area contributed by atoms with Crippen molar-refractivity contribution in [2.24, 2.45) is 0 Å². The van der Waals surface area contributed by atoms with Crippen LogP contribution in [0.5, 0.6) is 0 Å². The summed E-state index contributed by atoms with van der Waals surface area (Å²) < 4.78 is 5.04. The molecule has 0 fully saturated rings. The van der Waals surface area contributed by atoms with Gasteiger partial charge < -0.3 is 15.2 Å². The summed E-state index contributed by atoms with van der Waals surface area (Å²) in [4.78, 5) is 23.3. The monoisotopic (exact) mass is 285 g/mol. The van der Waals surface area contributed by atoms with Gasteiger partial charge >= 0.3 is 5.97 Å². The lowest BCUT2D eigenvalue weighted by Gasteiger charge is -2.25. The molecule has 2 N–H and O–H groups in total. The van der Waals surface area contributed by atoms with E-state index >= 15 is 0 Å². The Morgan fingerprint density at radius 1 is 1.47 bits per heavy atom. The average molecular weight is 285 g/mol. The summed E-state index contributed by atoms with van der Waals surface area (Å²) in [5, 5.41) is 13.4. The molecule has 0 unspecified atom stereocenters. The van der Waals surface area contributed by atoms with E-state index in [1.807, 2.05) is 25.3 Å². The van der Waals surface area contributed by atoms with E-state index in [1.54, 1.807) is 7.11 Å². The minimum atomic E-state index is -0.862. The van der Waals surface area contributed by atoms with Crippen LogP contribution in [0.25, 0.3) is 0 Å². The predicted octanol–water partition coefficient (Wildman–Crippen LogP) is 2.27. The normalized spacial score (nSPS) is 11.3. The Morgan fingerprint density at radius 3 is 2.74 bits per heavy atom. The maximum absolute atomic E-state index is 12.2. The van der Waals surface area contributed by atoms with Gasteiger partial charge in [0.15, 0.2) is 0 Å². The van der Waals surface area contributed by atoms with Crippen molar-refractivity contribution >= 4 is 23.2 Å². The highest BCUT2D eigenvalue weighted by atomic mass is 32.1. The van der Waals surface area contributed by atoms with Gasteiger partial charge in [0.1, 0.15) is 0 Å². The van der Waals surface area contributed by atoms with Gasteiger partial charge in [-0.05, 0) is 31.7 Å². The fourth-order valence-electron chi connectivity index (χ4n) is 1.65. The van der Waals surface area contributed by atoms with Crippen molar-refractivity contribution in [3.05, 3.63) is 21.9 Å². The number of carbonyl (C=O) groups is 2. The second-order valence-corrected chi connectivity index (χ2v) is 5.86. The third-order valence-electron chi connectivity index (χ3n) is 2.67. The largest absolute Gasteiger partial charge is 0.481 e. The highest BCUT2D eigenvalue weighted by molar-refractivity contribution is 7.12. The van der Waals surface area contributed by atoms with Crippen LogP contribution in [0.4, 0.5) is 0 Å². The molecule has 106 valence electrons. The smallest absolute Gasteiger partial charge is 0.303 e. The van der Waals surface area contributed by atoms with Crippen molar-refractivity contribution in [2.75, 3.05) is 7.11 Å². The summed E-state index contributed by atoms with van der Waals surface area (Å²) in [6, 6.07) is 1.85. The van der Waals surface area contributed by atoms with Gasteiger partial charge in [-0.1, -0.05) is 0 Å². The van der Waals surface area contributed by atoms with Crippen LogP contribution < -0.4 is 5.32 Å². The first-order valence-corrected chi connectivity index (χ1v) is 6.83. The lowest BCUT2D eigenvalue weighted by Crippen LogP contribution is -2.43. The fraction of sp³-hybridized carbons (Fsp3) is 0.538. The van der Waals surface area contributed by atoms with E-state index in [9.17, 15) is 9.59 Å². The van der Waals surface area contributed by atoms with Gasteiger partial charge in [0.2, 0.25) is 0 Å². The first-order chi connectivity index (χ1) is 8.85. The Morgan fingerprint density at radius 2 is 2.16 bits per heavy atom. The molecule has 19 heavy (non-hydrogen) atoms. The van der Waals surface area contributed by atoms with Crippen molar-refractivity contribution in [2.45, 2.75) is 38.8 Å². The van der Waals surface area contributed by atoms with Crippen LogP contribution in [-0.2, 0) is 16.1 Å². The molecule has 0 saturated carbocycles. The molecule has 0 aliphatic carbocycles. The summed E-state index contributed by atoms with van der Waals surface area (Å²) in [6.45, 7) is 4.02. The number of thiophene rings is 1. The first kappa shape index (κ1) is 15.7. The number of amides is 1. The number of carbonyl (C=O) groups excluding carboxylic acids is 1. The van der Waals surface area contributed by atoms with Gasteiger partial charge in [0.25, 0.3) is 5.91 Å². The second kappa shape index (κ2) is 6.68. The Balaban J connectivity index is 2.67. The molecular weight excluding hydrogens is 266 g/mol. The third-order valence-corrected chi connectivity index (χ3v) is 3.62. The standard InChI is InChI=1S/C13H19NO4S/c1-13(2,6-4-10(15)16)14-12(17)11-9(8-18-3)5-7-19-11/h5,7H,4,6,8H2,1-3H3,(H,14,17)(H,15,16). The minimum Gasteiger partial charge on any atom is -0.481 e. The summed E-state index contributed by atoms with van der Waals surface area (Å²) in [5.74, 6) is -1.05. The number of ether oxygens (including phenoxy) is 1. The molecule has 0 aromatic carbocycles. The van der Waals surface area contributed by atoms with Crippen LogP contribution in [0.3, 0.4) is 0 Å². The molecule has 1 aromatic rings. The SMILES string of the molecule is COCc1ccsc1C(=O)NC(C)(C)CCC(=O)O. The lowest BCUT2D eigenvalue weighted by molar-refractivity contribution is -0.137. The number of nitrogens with one attached hydrogen (secondary N) is 1. The third kappa shape index (κ3) is 5.00. The Bertz CT molecular complexity index is 453.